The van der Waals surface area contributed by atoms with Gasteiger partial charge in [-0.05, 0) is 0 Å². The average Bonchev–Trinajstić information content (AvgIpc) is 1.69. The minimum absolute atomic E-state index is 1.17. The molecule has 0 radical (unpaired) electrons. The Balaban J connectivity index is 2.12. The van der Waals surface area contributed by atoms with Gasteiger partial charge >= 0.3 is 72.4 Å². The van der Waals surface area contributed by atoms with Crippen molar-refractivity contribution in [3.05, 3.63) is 0 Å². The Bertz CT molecular complexity index is 46.1. The van der Waals surface area contributed by atoms with Crippen molar-refractivity contribution in [2.45, 2.75) is 33.7 Å². The molecule has 0 bridgehead atoms. The molecule has 1 saturated carbocycles. The van der Waals surface area contributed by atoms with Crippen LogP contribution in [0.5, 0.6) is 0 Å². The van der Waals surface area contributed by atoms with Gasteiger partial charge in [0.15, 0.2) is 0 Å². The summed E-state index contributed by atoms with van der Waals surface area (Å²) in [5.41, 5.74) is 0. The third kappa shape index (κ3) is 2.41. The molecule has 0 unspecified atom stereocenters. The van der Waals surface area contributed by atoms with Crippen LogP contribution in [0.15, 0.2) is 0 Å². The van der Waals surface area contributed by atoms with Crippen molar-refractivity contribution in [3.8, 4) is 0 Å². The van der Waals surface area contributed by atoms with E-state index in [9.17, 15) is 0 Å². The maximum absolute atomic E-state index is 1.55. The summed E-state index contributed by atoms with van der Waals surface area (Å²) < 4.78 is 1.17. The van der Waals surface area contributed by atoms with Crippen LogP contribution in [0.1, 0.15) is 32.1 Å². The molecule has 7 heavy (non-hydrogen) atoms. The van der Waals surface area contributed by atoms with Gasteiger partial charge in [0, 0.05) is 0 Å². The van der Waals surface area contributed by atoms with Crippen LogP contribution in [0.4, 0.5) is 0 Å². The number of rotatable bonds is 0. The SMILES string of the molecule is [Nd][CH]1CCCCC1. The van der Waals surface area contributed by atoms with Gasteiger partial charge in [-0.3, -0.25) is 0 Å². The van der Waals surface area contributed by atoms with Crippen LogP contribution in [0.25, 0.3) is 0 Å². The third-order valence-electron chi connectivity index (χ3n) is 1.61. The second kappa shape index (κ2) is 3.39. The van der Waals surface area contributed by atoms with E-state index in [0.717, 1.165) is 0 Å². The molecule has 1 fully saturated rings. The first-order valence-corrected chi connectivity index (χ1v) is 4.96. The molecule has 39 valence electrons. The molecule has 1 aliphatic carbocycles. The van der Waals surface area contributed by atoms with E-state index in [4.69, 9.17) is 0 Å². The zero-order valence-corrected chi connectivity index (χ0v) is 7.82. The summed E-state index contributed by atoms with van der Waals surface area (Å²) in [6.45, 7) is 0. The average molecular weight is 227 g/mol. The molecule has 0 aromatic rings. The Labute approximate surface area is 71.7 Å². The minimum atomic E-state index is 1.17. The first-order chi connectivity index (χ1) is 3.39. The van der Waals surface area contributed by atoms with Crippen LogP contribution < -0.4 is 0 Å². The molecule has 1 heteroatoms. The third-order valence-corrected chi connectivity index (χ3v) is 3.46. The van der Waals surface area contributed by atoms with E-state index in [1.54, 1.807) is 12.8 Å². The second-order valence-electron chi connectivity index (χ2n) is 2.33. The van der Waals surface area contributed by atoms with Gasteiger partial charge in [0.05, 0.1) is 0 Å². The fourth-order valence-electron chi connectivity index (χ4n) is 1.10. The predicted molar refractivity (Wildman–Crippen MR) is 26.8 cm³/mol. The molecule has 0 aliphatic heterocycles. The molecule has 0 nitrogen and oxygen atoms in total. The standard InChI is InChI=1S/C6H11.Nd/c1-2-4-6-5-3-1;/h1H,2-6H2;. The van der Waals surface area contributed by atoms with Crippen LogP contribution in [-0.2, 0) is 0 Å². The Hall–Kier alpha value is 1.35. The fraction of sp³-hybridized carbons (Fsp3) is 1.00. The second-order valence-corrected chi connectivity index (χ2v) is 4.95. The molecule has 0 aromatic carbocycles. The van der Waals surface area contributed by atoms with E-state index in [-0.39, 0.29) is 0 Å². The van der Waals surface area contributed by atoms with Gasteiger partial charge in [0.1, 0.15) is 0 Å². The van der Waals surface area contributed by atoms with E-state index >= 15 is 0 Å². The van der Waals surface area contributed by atoms with Gasteiger partial charge in [-0.2, -0.15) is 0 Å². The normalized spacial score (nSPS) is 25.0. The van der Waals surface area contributed by atoms with Crippen molar-refractivity contribution in [1.82, 2.24) is 0 Å². The zero-order valence-electron chi connectivity index (χ0n) is 4.61. The molecule has 0 spiro atoms. The Kier molecular flexibility index (Phi) is 3.13. The van der Waals surface area contributed by atoms with Crippen LogP contribution in [0.3, 0.4) is 0 Å². The molecule has 0 atom stereocenters. The van der Waals surface area contributed by atoms with Crippen molar-refractivity contribution >= 4 is 0 Å². The van der Waals surface area contributed by atoms with Crippen LogP contribution in [0, 0.1) is 38.8 Å². The van der Waals surface area contributed by atoms with Crippen molar-refractivity contribution in [3.63, 3.8) is 0 Å². The van der Waals surface area contributed by atoms with Crippen molar-refractivity contribution in [2.75, 3.05) is 0 Å². The quantitative estimate of drug-likeness (QED) is 0.596. The van der Waals surface area contributed by atoms with E-state index in [2.05, 4.69) is 0 Å². The molecule has 0 aromatic heterocycles. The van der Waals surface area contributed by atoms with Crippen LogP contribution in [-0.4, -0.2) is 0 Å². The van der Waals surface area contributed by atoms with Gasteiger partial charge < -0.3 is 0 Å². The first kappa shape index (κ1) is 6.47. The maximum atomic E-state index is 1.55. The predicted octanol–water partition coefficient (Wildman–Crippen LogP) is 2.29. The first-order valence-electron chi connectivity index (χ1n) is 3.11. The summed E-state index contributed by atoms with van der Waals surface area (Å²) in [7, 11) is 0. The van der Waals surface area contributed by atoms with Gasteiger partial charge in [-0.25, -0.2) is 0 Å². The molecule has 1 aliphatic rings. The van der Waals surface area contributed by atoms with Gasteiger partial charge in [-0.15, -0.1) is 0 Å². The summed E-state index contributed by atoms with van der Waals surface area (Å²) >= 11 is 1.45. The Morgan fingerprint density at radius 1 is 1.00 bits per heavy atom. The monoisotopic (exact) mass is 225 g/mol. The van der Waals surface area contributed by atoms with E-state index in [1.165, 1.54) is 59.6 Å². The summed E-state index contributed by atoms with van der Waals surface area (Å²) in [5.74, 6) is 0. The van der Waals surface area contributed by atoms with E-state index in [1.807, 2.05) is 0 Å². The van der Waals surface area contributed by atoms with Crippen LogP contribution >= 0.6 is 0 Å². The van der Waals surface area contributed by atoms with E-state index < -0.39 is 0 Å². The van der Waals surface area contributed by atoms with Crippen molar-refractivity contribution < 1.29 is 38.8 Å². The van der Waals surface area contributed by atoms with Crippen molar-refractivity contribution in [1.29, 1.82) is 0 Å². The van der Waals surface area contributed by atoms with E-state index in [0.29, 0.717) is 0 Å². The van der Waals surface area contributed by atoms with Crippen molar-refractivity contribution in [2.24, 2.45) is 0 Å². The van der Waals surface area contributed by atoms with Crippen LogP contribution in [0.2, 0.25) is 1.57 Å². The van der Waals surface area contributed by atoms with Gasteiger partial charge in [-0.1, -0.05) is 0 Å². The topological polar surface area (TPSA) is 0 Å². The summed E-state index contributed by atoms with van der Waals surface area (Å²) in [5, 5.41) is 0. The summed E-state index contributed by atoms with van der Waals surface area (Å²) in [6, 6.07) is 0. The Morgan fingerprint density at radius 2 is 1.57 bits per heavy atom. The summed E-state index contributed by atoms with van der Waals surface area (Å²) in [4.78, 5) is 0. The molecular formula is C6H11Nd. The fourth-order valence-corrected chi connectivity index (χ4v) is 2.41. The molecule has 0 amide bonds. The summed E-state index contributed by atoms with van der Waals surface area (Å²) in [6.07, 6.45) is 7.65. The Morgan fingerprint density at radius 3 is 1.86 bits per heavy atom. The van der Waals surface area contributed by atoms with Gasteiger partial charge in [0.2, 0.25) is 0 Å². The van der Waals surface area contributed by atoms with Gasteiger partial charge in [0.25, 0.3) is 0 Å². The number of hydrogen-bond donors (Lipinski definition) is 0. The molecule has 0 N–H and O–H groups in total. The zero-order chi connectivity index (χ0) is 5.11. The molecule has 0 heterocycles. The molecule has 1 rings (SSSR count). The molecular weight excluding hydrogens is 216 g/mol. The number of hydrogen-bond acceptors (Lipinski definition) is 0. The molecule has 0 saturated heterocycles.